The number of sulfonamides is 1. The molecule has 0 aliphatic rings. The van der Waals surface area contributed by atoms with Gasteiger partial charge in [0.05, 0.1) is 10.6 Å². The molecule has 0 spiro atoms. The van der Waals surface area contributed by atoms with E-state index in [1.807, 2.05) is 0 Å². The summed E-state index contributed by atoms with van der Waals surface area (Å²) in [6, 6.07) is 3.08. The second kappa shape index (κ2) is 6.78. The number of hydrogen-bond acceptors (Lipinski definition) is 4. The summed E-state index contributed by atoms with van der Waals surface area (Å²) in [5, 5.41) is 2.23. The van der Waals surface area contributed by atoms with Crippen LogP contribution in [0.5, 0.6) is 0 Å². The van der Waals surface area contributed by atoms with E-state index in [4.69, 9.17) is 5.73 Å². The van der Waals surface area contributed by atoms with Gasteiger partial charge in [-0.15, -0.1) is 0 Å². The van der Waals surface area contributed by atoms with E-state index in [0.717, 1.165) is 18.2 Å². The zero-order valence-corrected chi connectivity index (χ0v) is 12.1. The lowest BCUT2D eigenvalue weighted by Gasteiger charge is -2.10. The number of benzene rings is 1. The molecule has 112 valence electrons. The van der Waals surface area contributed by atoms with Crippen LogP contribution in [-0.4, -0.2) is 26.9 Å². The highest BCUT2D eigenvalue weighted by Gasteiger charge is 2.16. The Labute approximate surface area is 117 Å². The van der Waals surface area contributed by atoms with Crippen LogP contribution in [0.1, 0.15) is 20.3 Å². The number of anilines is 1. The van der Waals surface area contributed by atoms with Gasteiger partial charge in [-0.05, 0) is 31.5 Å². The molecule has 1 unspecified atom stereocenters. The molecule has 0 aliphatic carbocycles. The Morgan fingerprint density at radius 2 is 2.10 bits per heavy atom. The van der Waals surface area contributed by atoms with Gasteiger partial charge in [-0.3, -0.25) is 4.79 Å². The Bertz CT molecular complexity index is 588. The summed E-state index contributed by atoms with van der Waals surface area (Å²) in [5.74, 6) is -1.18. The third-order valence-corrected chi connectivity index (χ3v) is 3.91. The van der Waals surface area contributed by atoms with Crippen molar-refractivity contribution in [3.05, 3.63) is 24.0 Å². The molecule has 1 atom stereocenters. The molecule has 4 N–H and O–H groups in total. The quantitative estimate of drug-likeness (QED) is 0.723. The lowest BCUT2D eigenvalue weighted by atomic mass is 10.3. The number of hydrogen-bond donors (Lipinski definition) is 3. The van der Waals surface area contributed by atoms with Gasteiger partial charge in [0.15, 0.2) is 0 Å². The first-order valence-electron chi connectivity index (χ1n) is 6.05. The van der Waals surface area contributed by atoms with E-state index in [1.165, 1.54) is 6.92 Å². The van der Waals surface area contributed by atoms with Crippen LogP contribution in [0, 0.1) is 5.82 Å². The molecular weight excluding hydrogens is 285 g/mol. The maximum atomic E-state index is 13.4. The predicted molar refractivity (Wildman–Crippen MR) is 74.2 cm³/mol. The average molecular weight is 303 g/mol. The van der Waals surface area contributed by atoms with E-state index in [1.54, 1.807) is 6.92 Å². The van der Waals surface area contributed by atoms with Crippen molar-refractivity contribution in [3.63, 3.8) is 0 Å². The van der Waals surface area contributed by atoms with Crippen LogP contribution in [-0.2, 0) is 14.8 Å². The van der Waals surface area contributed by atoms with Crippen molar-refractivity contribution >= 4 is 21.6 Å². The lowest BCUT2D eigenvalue weighted by Crippen LogP contribution is -2.29. The summed E-state index contributed by atoms with van der Waals surface area (Å²) in [6.45, 7) is 3.16. The molecule has 0 bridgehead atoms. The van der Waals surface area contributed by atoms with Crippen LogP contribution < -0.4 is 15.8 Å². The first kappa shape index (κ1) is 16.5. The van der Waals surface area contributed by atoms with Crippen molar-refractivity contribution < 1.29 is 17.6 Å². The highest BCUT2D eigenvalue weighted by atomic mass is 32.2. The third kappa shape index (κ3) is 4.87. The molecule has 8 heteroatoms. The minimum Gasteiger partial charge on any atom is -0.328 e. The van der Waals surface area contributed by atoms with Gasteiger partial charge in [0.1, 0.15) is 5.82 Å². The first-order valence-corrected chi connectivity index (χ1v) is 7.53. The Balaban J connectivity index is 2.92. The molecule has 0 aliphatic heterocycles. The zero-order chi connectivity index (χ0) is 15.3. The summed E-state index contributed by atoms with van der Waals surface area (Å²) in [4.78, 5) is 10.8. The summed E-state index contributed by atoms with van der Waals surface area (Å²) in [5.41, 5.74) is 5.35. The normalized spacial score (nSPS) is 13.0. The van der Waals surface area contributed by atoms with E-state index < -0.39 is 21.7 Å². The van der Waals surface area contributed by atoms with Crippen LogP contribution in [0.25, 0.3) is 0 Å². The van der Waals surface area contributed by atoms with Gasteiger partial charge in [0.2, 0.25) is 15.9 Å². The summed E-state index contributed by atoms with van der Waals surface area (Å²) in [7, 11) is -3.75. The highest BCUT2D eigenvalue weighted by Crippen LogP contribution is 2.19. The van der Waals surface area contributed by atoms with E-state index in [-0.39, 0.29) is 23.2 Å². The van der Waals surface area contributed by atoms with Crippen LogP contribution in [0.15, 0.2) is 23.1 Å². The lowest BCUT2D eigenvalue weighted by molar-refractivity contribution is -0.114. The Kier molecular flexibility index (Phi) is 5.61. The fourth-order valence-electron chi connectivity index (χ4n) is 1.46. The zero-order valence-electron chi connectivity index (χ0n) is 11.3. The molecule has 1 aromatic carbocycles. The molecule has 0 fully saturated rings. The Hall–Kier alpha value is -1.51. The van der Waals surface area contributed by atoms with Gasteiger partial charge in [0.25, 0.3) is 0 Å². The molecule has 0 radical (unpaired) electrons. The highest BCUT2D eigenvalue weighted by molar-refractivity contribution is 7.89. The number of rotatable bonds is 6. The van der Waals surface area contributed by atoms with Crippen LogP contribution in [0.4, 0.5) is 10.1 Å². The van der Waals surface area contributed by atoms with Crippen molar-refractivity contribution in [2.45, 2.75) is 31.2 Å². The molecule has 20 heavy (non-hydrogen) atoms. The van der Waals surface area contributed by atoms with Crippen LogP contribution in [0.3, 0.4) is 0 Å². The number of carbonyl (C=O) groups excluding carboxylic acids is 1. The maximum Gasteiger partial charge on any atom is 0.240 e. The van der Waals surface area contributed by atoms with E-state index >= 15 is 0 Å². The van der Waals surface area contributed by atoms with Gasteiger partial charge >= 0.3 is 0 Å². The van der Waals surface area contributed by atoms with E-state index in [9.17, 15) is 17.6 Å². The van der Waals surface area contributed by atoms with Crippen LogP contribution in [0.2, 0.25) is 0 Å². The fourth-order valence-corrected chi connectivity index (χ4v) is 2.53. The summed E-state index contributed by atoms with van der Waals surface area (Å²) < 4.78 is 39.7. The minimum atomic E-state index is -3.75. The molecular formula is C12H18FN3O3S. The van der Waals surface area contributed by atoms with Crippen molar-refractivity contribution in [2.75, 3.05) is 11.9 Å². The maximum absolute atomic E-state index is 13.4. The smallest absolute Gasteiger partial charge is 0.240 e. The van der Waals surface area contributed by atoms with Gasteiger partial charge in [-0.1, -0.05) is 0 Å². The molecule has 1 rings (SSSR count). The van der Waals surface area contributed by atoms with Crippen molar-refractivity contribution in [3.8, 4) is 0 Å². The molecule has 1 amide bonds. The predicted octanol–water partition coefficient (Wildman–Crippen LogP) is 0.800. The molecule has 0 saturated carbocycles. The van der Waals surface area contributed by atoms with Gasteiger partial charge in [0, 0.05) is 19.5 Å². The number of nitrogens with one attached hydrogen (secondary N) is 2. The third-order valence-electron chi connectivity index (χ3n) is 2.45. The van der Waals surface area contributed by atoms with Gasteiger partial charge in [-0.2, -0.15) is 0 Å². The largest absolute Gasteiger partial charge is 0.328 e. The number of carbonyl (C=O) groups is 1. The summed E-state index contributed by atoms with van der Waals surface area (Å²) in [6.07, 6.45) is 0.485. The van der Waals surface area contributed by atoms with E-state index in [2.05, 4.69) is 10.0 Å². The topological polar surface area (TPSA) is 101 Å². The second-order valence-electron chi connectivity index (χ2n) is 4.49. The molecule has 0 heterocycles. The monoisotopic (exact) mass is 303 g/mol. The van der Waals surface area contributed by atoms with Crippen LogP contribution >= 0.6 is 0 Å². The molecule has 0 saturated heterocycles. The molecule has 0 aromatic heterocycles. The van der Waals surface area contributed by atoms with Crippen molar-refractivity contribution in [1.82, 2.24) is 4.72 Å². The standard InChI is InChI=1S/C12H18FN3O3S/c1-8(14)5-6-15-20(18,19)10-3-4-11(13)12(7-10)16-9(2)17/h3-4,7-8,15H,5-6,14H2,1-2H3,(H,16,17). The van der Waals surface area contributed by atoms with E-state index in [0.29, 0.717) is 6.42 Å². The SMILES string of the molecule is CC(=O)Nc1cc(S(=O)(=O)NCCC(C)N)ccc1F. The van der Waals surface area contributed by atoms with Gasteiger partial charge in [-0.25, -0.2) is 17.5 Å². The van der Waals surface area contributed by atoms with Crippen molar-refractivity contribution in [1.29, 1.82) is 0 Å². The fraction of sp³-hybridized carbons (Fsp3) is 0.417. The van der Waals surface area contributed by atoms with Crippen molar-refractivity contribution in [2.24, 2.45) is 5.73 Å². The molecule has 6 nitrogen and oxygen atoms in total. The number of nitrogens with two attached hydrogens (primary N) is 1. The minimum absolute atomic E-state index is 0.118. The Morgan fingerprint density at radius 1 is 1.45 bits per heavy atom. The second-order valence-corrected chi connectivity index (χ2v) is 6.25. The first-order chi connectivity index (χ1) is 9.22. The van der Waals surface area contributed by atoms with Gasteiger partial charge < -0.3 is 11.1 Å². The summed E-state index contributed by atoms with van der Waals surface area (Å²) >= 11 is 0. The average Bonchev–Trinajstić information content (AvgIpc) is 2.30. The number of halogens is 1. The molecule has 1 aromatic rings. The Morgan fingerprint density at radius 3 is 2.65 bits per heavy atom. The number of amides is 1.